The maximum atomic E-state index is 11.6. The molecule has 0 amide bonds. The molecule has 1 atom stereocenters. The molecule has 0 heterocycles. The molecule has 0 saturated carbocycles. The van der Waals surface area contributed by atoms with Crippen LogP contribution < -0.4 is 0 Å². The van der Waals surface area contributed by atoms with E-state index in [0.29, 0.717) is 0 Å². The van der Waals surface area contributed by atoms with Gasteiger partial charge in [0.1, 0.15) is 0 Å². The molecule has 0 spiro atoms. The predicted octanol–water partition coefficient (Wildman–Crippen LogP) is 1.67. The monoisotopic (exact) mass is 286 g/mol. The van der Waals surface area contributed by atoms with Crippen LogP contribution >= 0.6 is 15.6 Å². The van der Waals surface area contributed by atoms with Gasteiger partial charge in [-0.15, -0.1) is 0 Å². The minimum atomic E-state index is -4.39. The molecule has 0 saturated heterocycles. The zero-order valence-corrected chi connectivity index (χ0v) is 10.7. The van der Waals surface area contributed by atoms with Crippen LogP contribution in [0.4, 0.5) is 0 Å². The van der Waals surface area contributed by atoms with Crippen LogP contribution in [0, 0.1) is 0 Å². The Morgan fingerprint density at radius 1 is 0.938 bits per heavy atom. The molecule has 10 heteroatoms. The molecule has 1 unspecified atom stereocenters. The molecule has 0 aromatic carbocycles. The van der Waals surface area contributed by atoms with Gasteiger partial charge in [-0.2, -0.15) is 4.31 Å². The second kappa shape index (κ2) is 9.22. The van der Waals surface area contributed by atoms with Crippen LogP contribution in [0.5, 0.6) is 0 Å². The number of hydrogen-bond acceptors (Lipinski definition) is 6. The van der Waals surface area contributed by atoms with Crippen LogP contribution in [0.25, 0.3) is 0 Å². The van der Waals surface area contributed by atoms with Crippen molar-refractivity contribution in [1.82, 2.24) is 0 Å². The molecule has 1 N–H and O–H groups in total. The number of rotatable bonds is 8. The van der Waals surface area contributed by atoms with Crippen LogP contribution in [-0.4, -0.2) is 54.3 Å². The van der Waals surface area contributed by atoms with E-state index in [2.05, 4.69) is 17.9 Å². The van der Waals surface area contributed by atoms with Gasteiger partial charge in [0.25, 0.3) is 0 Å². The Morgan fingerprint density at radius 2 is 1.31 bits per heavy atom. The van der Waals surface area contributed by atoms with Crippen LogP contribution in [0.3, 0.4) is 0 Å². The van der Waals surface area contributed by atoms with Gasteiger partial charge in [0, 0.05) is 0 Å². The SMILES string of the molecule is CCOP(=O)(O)OP(=O)(OCC)OCC.[NaH]. The third-order valence-corrected chi connectivity index (χ3v) is 4.43. The summed E-state index contributed by atoms with van der Waals surface area (Å²) in [5, 5.41) is 0. The van der Waals surface area contributed by atoms with Crippen molar-refractivity contribution in [1.29, 1.82) is 0 Å². The first kappa shape index (κ1) is 19.6. The van der Waals surface area contributed by atoms with Crippen molar-refractivity contribution in [3.63, 3.8) is 0 Å². The molecule has 0 aliphatic rings. The topological polar surface area (TPSA) is 91.3 Å². The Labute approximate surface area is 117 Å². The average molecular weight is 286 g/mol. The van der Waals surface area contributed by atoms with Crippen LogP contribution in [0.15, 0.2) is 0 Å². The molecular weight excluding hydrogens is 269 g/mol. The molecule has 0 aromatic rings. The van der Waals surface area contributed by atoms with Gasteiger partial charge in [0.15, 0.2) is 0 Å². The third-order valence-electron chi connectivity index (χ3n) is 1.07. The molecule has 0 aromatic heterocycles. The van der Waals surface area contributed by atoms with Gasteiger partial charge < -0.3 is 4.89 Å². The van der Waals surface area contributed by atoms with Gasteiger partial charge in [0.05, 0.1) is 19.8 Å². The normalized spacial score (nSPS) is 15.2. The quantitative estimate of drug-likeness (QED) is 0.536. The van der Waals surface area contributed by atoms with Gasteiger partial charge in [0.2, 0.25) is 0 Å². The Kier molecular flexibility index (Phi) is 11.3. The summed E-state index contributed by atoms with van der Waals surface area (Å²) in [6, 6.07) is 0. The molecule has 16 heavy (non-hydrogen) atoms. The van der Waals surface area contributed by atoms with E-state index < -0.39 is 15.6 Å². The zero-order valence-electron chi connectivity index (χ0n) is 8.91. The Hall–Kier alpha value is 1.26. The van der Waals surface area contributed by atoms with Gasteiger partial charge in [-0.3, -0.25) is 13.6 Å². The van der Waals surface area contributed by atoms with E-state index in [9.17, 15) is 9.13 Å². The molecule has 0 rings (SSSR count). The molecule has 7 nitrogen and oxygen atoms in total. The van der Waals surface area contributed by atoms with Crippen molar-refractivity contribution in [2.45, 2.75) is 20.8 Å². The fraction of sp³-hybridized carbons (Fsp3) is 1.00. The maximum absolute atomic E-state index is 11.6. The van der Waals surface area contributed by atoms with E-state index in [1.807, 2.05) is 0 Å². The van der Waals surface area contributed by atoms with Crippen LogP contribution in [0.2, 0.25) is 0 Å². The first-order valence-corrected chi connectivity index (χ1v) is 7.42. The van der Waals surface area contributed by atoms with Crippen molar-refractivity contribution in [3.05, 3.63) is 0 Å². The second-order valence-corrected chi connectivity index (χ2v) is 5.51. The predicted molar refractivity (Wildman–Crippen MR) is 60.5 cm³/mol. The molecular formula is C6H17NaO7P2. The van der Waals surface area contributed by atoms with E-state index in [1.54, 1.807) is 13.8 Å². The summed E-state index contributed by atoms with van der Waals surface area (Å²) in [6.45, 7) is 4.62. The summed E-state index contributed by atoms with van der Waals surface area (Å²) in [4.78, 5) is 9.08. The third kappa shape index (κ3) is 8.37. The Morgan fingerprint density at radius 3 is 1.62 bits per heavy atom. The summed E-state index contributed by atoms with van der Waals surface area (Å²) >= 11 is 0. The minimum absolute atomic E-state index is 0. The van der Waals surface area contributed by atoms with Gasteiger partial charge in [-0.25, -0.2) is 9.13 Å². The van der Waals surface area contributed by atoms with E-state index in [1.165, 1.54) is 6.92 Å². The molecule has 0 aliphatic heterocycles. The van der Waals surface area contributed by atoms with Gasteiger partial charge in [-0.05, 0) is 20.8 Å². The zero-order chi connectivity index (χ0) is 11.9. The van der Waals surface area contributed by atoms with Crippen molar-refractivity contribution >= 4 is 45.2 Å². The van der Waals surface area contributed by atoms with Crippen LogP contribution in [-0.2, 0) is 27.0 Å². The molecule has 0 aliphatic carbocycles. The fourth-order valence-corrected chi connectivity index (χ4v) is 3.32. The van der Waals surface area contributed by atoms with E-state index in [0.717, 1.165) is 0 Å². The first-order chi connectivity index (χ1) is 6.89. The number of hydrogen-bond donors (Lipinski definition) is 1. The van der Waals surface area contributed by atoms with Crippen molar-refractivity contribution in [3.8, 4) is 0 Å². The van der Waals surface area contributed by atoms with Crippen molar-refractivity contribution in [2.24, 2.45) is 0 Å². The first-order valence-electron chi connectivity index (χ1n) is 4.47. The summed E-state index contributed by atoms with van der Waals surface area (Å²) in [5.41, 5.74) is 0. The molecule has 0 radical (unpaired) electrons. The van der Waals surface area contributed by atoms with E-state index in [4.69, 9.17) is 4.89 Å². The number of phosphoric acid groups is 2. The van der Waals surface area contributed by atoms with Crippen LogP contribution in [0.1, 0.15) is 20.8 Å². The van der Waals surface area contributed by atoms with Crippen molar-refractivity contribution in [2.75, 3.05) is 19.8 Å². The van der Waals surface area contributed by atoms with Crippen molar-refractivity contribution < 1.29 is 31.9 Å². The number of phosphoric ester groups is 2. The average Bonchev–Trinajstić information content (AvgIpc) is 2.02. The summed E-state index contributed by atoms with van der Waals surface area (Å²) < 4.78 is 40.8. The standard InChI is InChI=1S/C6H16O7P2.Na.H/c1-4-10-14(7,8)13-15(9,11-5-2)12-6-3;;/h4-6H2,1-3H3,(H,7,8);;. The fourth-order valence-electron chi connectivity index (χ4n) is 0.714. The summed E-state index contributed by atoms with van der Waals surface area (Å²) in [6.07, 6.45) is 0. The Balaban J connectivity index is 0. The van der Waals surface area contributed by atoms with Gasteiger partial charge >= 0.3 is 45.2 Å². The van der Waals surface area contributed by atoms with E-state index in [-0.39, 0.29) is 49.4 Å². The van der Waals surface area contributed by atoms with E-state index >= 15 is 0 Å². The molecule has 0 bridgehead atoms. The summed E-state index contributed by atoms with van der Waals surface area (Å²) in [5.74, 6) is 0. The summed E-state index contributed by atoms with van der Waals surface area (Å²) in [7, 11) is -8.40. The Bertz CT molecular complexity index is 262. The molecule has 0 fully saturated rings. The second-order valence-electron chi connectivity index (χ2n) is 2.25. The van der Waals surface area contributed by atoms with Gasteiger partial charge in [-0.1, -0.05) is 0 Å². The molecule has 94 valence electrons.